The van der Waals surface area contributed by atoms with Gasteiger partial charge in [-0.05, 0) is 24.6 Å². The molecular weight excluding hydrogens is 296 g/mol. The molecular formula is C13H15BrN2O2. The molecule has 1 aromatic carbocycles. The first-order valence-electron chi connectivity index (χ1n) is 6.10. The summed E-state index contributed by atoms with van der Waals surface area (Å²) in [6, 6.07) is 7.99. The van der Waals surface area contributed by atoms with Gasteiger partial charge in [-0.2, -0.15) is 0 Å². The number of carbonyl (C=O) groups is 1. The summed E-state index contributed by atoms with van der Waals surface area (Å²) in [6.07, 6.45) is 0.762. The molecule has 1 atom stereocenters. The molecule has 0 aliphatic carbocycles. The third kappa shape index (κ3) is 1.91. The van der Waals surface area contributed by atoms with E-state index in [9.17, 15) is 4.79 Å². The Labute approximate surface area is 114 Å². The summed E-state index contributed by atoms with van der Waals surface area (Å²) < 4.78 is 6.28. The standard InChI is InChI=1S/C13H15BrN2O2/c14-11-4-2-1-3-10(11)7-16-12(17)18-9-13(16)5-6-15-8-13/h1-4,15H,5-9H2. The van der Waals surface area contributed by atoms with E-state index in [0.717, 1.165) is 29.5 Å². The lowest BCUT2D eigenvalue weighted by atomic mass is 9.98. The van der Waals surface area contributed by atoms with Gasteiger partial charge in [0, 0.05) is 11.0 Å². The number of carbonyl (C=O) groups excluding carboxylic acids is 1. The summed E-state index contributed by atoms with van der Waals surface area (Å²) in [6.45, 7) is 2.87. The van der Waals surface area contributed by atoms with Crippen molar-refractivity contribution in [3.8, 4) is 0 Å². The summed E-state index contributed by atoms with van der Waals surface area (Å²) >= 11 is 3.53. The second-order valence-corrected chi connectivity index (χ2v) is 5.74. The molecule has 2 aliphatic rings. The van der Waals surface area contributed by atoms with Crippen LogP contribution in [-0.4, -0.2) is 36.2 Å². The van der Waals surface area contributed by atoms with Crippen LogP contribution in [0.25, 0.3) is 0 Å². The number of amides is 1. The molecule has 3 rings (SSSR count). The van der Waals surface area contributed by atoms with Crippen LogP contribution in [-0.2, 0) is 11.3 Å². The van der Waals surface area contributed by atoms with E-state index < -0.39 is 0 Å². The van der Waals surface area contributed by atoms with Crippen molar-refractivity contribution >= 4 is 22.0 Å². The lowest BCUT2D eigenvalue weighted by Gasteiger charge is -2.31. The van der Waals surface area contributed by atoms with E-state index in [0.29, 0.717) is 13.2 Å². The maximum atomic E-state index is 11.9. The Morgan fingerprint density at radius 2 is 2.28 bits per heavy atom. The van der Waals surface area contributed by atoms with Crippen LogP contribution < -0.4 is 5.32 Å². The Morgan fingerprint density at radius 3 is 3.00 bits per heavy atom. The molecule has 1 spiro atoms. The van der Waals surface area contributed by atoms with Gasteiger partial charge in [-0.3, -0.25) is 4.90 Å². The van der Waals surface area contributed by atoms with Crippen LogP contribution in [0.15, 0.2) is 28.7 Å². The van der Waals surface area contributed by atoms with E-state index in [4.69, 9.17) is 4.74 Å². The number of ether oxygens (including phenoxy) is 1. The molecule has 2 heterocycles. The molecule has 5 heteroatoms. The highest BCUT2D eigenvalue weighted by atomic mass is 79.9. The van der Waals surface area contributed by atoms with E-state index >= 15 is 0 Å². The second kappa shape index (κ2) is 4.55. The van der Waals surface area contributed by atoms with Crippen molar-refractivity contribution in [3.05, 3.63) is 34.3 Å². The Balaban J connectivity index is 1.86. The number of hydrogen-bond acceptors (Lipinski definition) is 3. The lowest BCUT2D eigenvalue weighted by Crippen LogP contribution is -2.48. The van der Waals surface area contributed by atoms with Crippen LogP contribution in [0, 0.1) is 0 Å². The van der Waals surface area contributed by atoms with Crippen molar-refractivity contribution in [1.29, 1.82) is 0 Å². The van der Waals surface area contributed by atoms with Crippen molar-refractivity contribution in [1.82, 2.24) is 10.2 Å². The minimum absolute atomic E-state index is 0.146. The monoisotopic (exact) mass is 310 g/mol. The first kappa shape index (κ1) is 12.0. The molecule has 2 aliphatic heterocycles. The zero-order valence-corrected chi connectivity index (χ0v) is 11.6. The van der Waals surface area contributed by atoms with Crippen molar-refractivity contribution in [2.75, 3.05) is 19.7 Å². The van der Waals surface area contributed by atoms with Gasteiger partial charge in [-0.15, -0.1) is 0 Å². The SMILES string of the molecule is O=C1OCC2(CCNC2)N1Cc1ccccc1Br. The predicted molar refractivity (Wildman–Crippen MR) is 71.3 cm³/mol. The van der Waals surface area contributed by atoms with Gasteiger partial charge in [0.2, 0.25) is 0 Å². The molecule has 0 bridgehead atoms. The van der Waals surface area contributed by atoms with Crippen LogP contribution >= 0.6 is 15.9 Å². The largest absolute Gasteiger partial charge is 0.447 e. The quantitative estimate of drug-likeness (QED) is 0.910. The van der Waals surface area contributed by atoms with Crippen LogP contribution in [0.5, 0.6) is 0 Å². The first-order valence-corrected chi connectivity index (χ1v) is 6.89. The average molecular weight is 311 g/mol. The second-order valence-electron chi connectivity index (χ2n) is 4.88. The minimum Gasteiger partial charge on any atom is -0.447 e. The molecule has 1 amide bonds. The third-order valence-electron chi connectivity index (χ3n) is 3.76. The topological polar surface area (TPSA) is 41.6 Å². The van der Waals surface area contributed by atoms with E-state index in [1.807, 2.05) is 29.2 Å². The number of nitrogens with zero attached hydrogens (tertiary/aromatic N) is 1. The van der Waals surface area contributed by atoms with Crippen LogP contribution in [0.3, 0.4) is 0 Å². The van der Waals surface area contributed by atoms with Gasteiger partial charge in [-0.1, -0.05) is 34.1 Å². The molecule has 1 N–H and O–H groups in total. The highest BCUT2D eigenvalue weighted by molar-refractivity contribution is 9.10. The smallest absolute Gasteiger partial charge is 0.410 e. The number of nitrogens with one attached hydrogen (secondary N) is 1. The van der Waals surface area contributed by atoms with E-state index in [1.54, 1.807) is 0 Å². The van der Waals surface area contributed by atoms with Crippen LogP contribution in [0.2, 0.25) is 0 Å². The number of benzene rings is 1. The Hall–Kier alpha value is -1.07. The Bertz CT molecular complexity index is 472. The Morgan fingerprint density at radius 1 is 1.44 bits per heavy atom. The highest BCUT2D eigenvalue weighted by Crippen LogP contribution is 2.32. The summed E-state index contributed by atoms with van der Waals surface area (Å²) in [5.74, 6) is 0. The number of halogens is 1. The Kier molecular flexibility index (Phi) is 3.03. The fourth-order valence-electron chi connectivity index (χ4n) is 2.66. The van der Waals surface area contributed by atoms with Crippen molar-refractivity contribution in [2.24, 2.45) is 0 Å². The molecule has 2 fully saturated rings. The molecule has 96 valence electrons. The average Bonchev–Trinajstić information content (AvgIpc) is 2.95. The van der Waals surface area contributed by atoms with E-state index in [2.05, 4.69) is 21.2 Å². The zero-order valence-electron chi connectivity index (χ0n) is 9.99. The lowest BCUT2D eigenvalue weighted by molar-refractivity contribution is 0.150. The summed E-state index contributed by atoms with van der Waals surface area (Å²) in [4.78, 5) is 13.8. The number of cyclic esters (lactones) is 1. The van der Waals surface area contributed by atoms with E-state index in [1.165, 1.54) is 0 Å². The number of hydrogen-bond donors (Lipinski definition) is 1. The summed E-state index contributed by atoms with van der Waals surface area (Å²) in [5.41, 5.74) is 0.967. The molecule has 0 radical (unpaired) electrons. The van der Waals surface area contributed by atoms with Gasteiger partial charge < -0.3 is 10.1 Å². The van der Waals surface area contributed by atoms with Gasteiger partial charge in [0.15, 0.2) is 0 Å². The van der Waals surface area contributed by atoms with Crippen LogP contribution in [0.4, 0.5) is 4.79 Å². The van der Waals surface area contributed by atoms with Gasteiger partial charge in [-0.25, -0.2) is 4.79 Å². The zero-order chi connectivity index (χ0) is 12.6. The van der Waals surface area contributed by atoms with E-state index in [-0.39, 0.29) is 11.6 Å². The predicted octanol–water partition coefficient (Wildman–Crippen LogP) is 2.13. The minimum atomic E-state index is -0.200. The van der Waals surface area contributed by atoms with Crippen molar-refractivity contribution in [3.63, 3.8) is 0 Å². The normalized spacial score (nSPS) is 26.9. The van der Waals surface area contributed by atoms with Gasteiger partial charge in [0.05, 0.1) is 12.1 Å². The molecule has 18 heavy (non-hydrogen) atoms. The molecule has 0 aromatic heterocycles. The summed E-state index contributed by atoms with van der Waals surface area (Å²) in [7, 11) is 0. The molecule has 4 nitrogen and oxygen atoms in total. The van der Waals surface area contributed by atoms with Crippen LogP contribution in [0.1, 0.15) is 12.0 Å². The first-order chi connectivity index (χ1) is 8.71. The number of rotatable bonds is 2. The molecule has 2 saturated heterocycles. The highest BCUT2D eigenvalue weighted by Gasteiger charge is 2.49. The fourth-order valence-corrected chi connectivity index (χ4v) is 3.07. The van der Waals surface area contributed by atoms with Crippen molar-refractivity contribution in [2.45, 2.75) is 18.5 Å². The maximum Gasteiger partial charge on any atom is 0.410 e. The fraction of sp³-hybridized carbons (Fsp3) is 0.462. The maximum absolute atomic E-state index is 11.9. The summed E-state index contributed by atoms with van der Waals surface area (Å²) in [5, 5.41) is 3.32. The van der Waals surface area contributed by atoms with Crippen molar-refractivity contribution < 1.29 is 9.53 Å². The molecule has 1 aromatic rings. The third-order valence-corrected chi connectivity index (χ3v) is 4.54. The van der Waals surface area contributed by atoms with Gasteiger partial charge in [0.1, 0.15) is 6.61 Å². The van der Waals surface area contributed by atoms with Gasteiger partial charge in [0.25, 0.3) is 0 Å². The molecule has 1 unspecified atom stereocenters. The molecule has 0 saturated carbocycles. The van der Waals surface area contributed by atoms with Gasteiger partial charge >= 0.3 is 6.09 Å².